The highest BCUT2D eigenvalue weighted by Crippen LogP contribution is 2.32. The zero-order valence-corrected chi connectivity index (χ0v) is 8.52. The number of hydrogen-bond donors (Lipinski definition) is 0. The Kier molecular flexibility index (Phi) is 2.92. The van der Waals surface area contributed by atoms with Gasteiger partial charge in [-0.3, -0.25) is 4.79 Å². The number of Topliss-reactive ketones (excluding diaryl/α,β-unsaturated/α-hetero) is 1. The van der Waals surface area contributed by atoms with Gasteiger partial charge in [-0.15, -0.1) is 0 Å². The third kappa shape index (κ3) is 3.89. The van der Waals surface area contributed by atoms with Crippen LogP contribution in [0.25, 0.3) is 0 Å². The van der Waals surface area contributed by atoms with Crippen LogP contribution in [-0.4, -0.2) is 5.78 Å². The van der Waals surface area contributed by atoms with Crippen LogP contribution in [0.15, 0.2) is 0 Å². The average Bonchev–Trinajstić information content (AvgIpc) is 2.64. The Morgan fingerprint density at radius 3 is 2.33 bits per heavy atom. The Balaban J connectivity index is 2.05. The Bertz CT molecular complexity index is 160. The van der Waals surface area contributed by atoms with Crippen LogP contribution in [0.5, 0.6) is 0 Å². The molecule has 0 aromatic rings. The van der Waals surface area contributed by atoms with Crippen molar-refractivity contribution in [1.82, 2.24) is 0 Å². The van der Waals surface area contributed by atoms with Crippen molar-refractivity contribution in [3.63, 3.8) is 0 Å². The van der Waals surface area contributed by atoms with Gasteiger partial charge in [-0.2, -0.15) is 0 Å². The first-order valence-corrected chi connectivity index (χ1v) is 5.02. The van der Waals surface area contributed by atoms with Crippen molar-refractivity contribution in [3.05, 3.63) is 0 Å². The van der Waals surface area contributed by atoms with E-state index in [2.05, 4.69) is 20.8 Å². The summed E-state index contributed by atoms with van der Waals surface area (Å²) < 4.78 is 0. The minimum absolute atomic E-state index is 0.393. The fourth-order valence-electron chi connectivity index (χ4n) is 1.40. The second kappa shape index (κ2) is 3.59. The smallest absolute Gasteiger partial charge is 0.135 e. The van der Waals surface area contributed by atoms with Gasteiger partial charge in [0.1, 0.15) is 5.78 Å². The fraction of sp³-hybridized carbons (Fsp3) is 0.909. The number of hydrogen-bond acceptors (Lipinski definition) is 1. The molecule has 0 saturated heterocycles. The van der Waals surface area contributed by atoms with E-state index >= 15 is 0 Å². The molecule has 0 radical (unpaired) electrons. The predicted molar refractivity (Wildman–Crippen MR) is 51.0 cm³/mol. The van der Waals surface area contributed by atoms with E-state index in [9.17, 15) is 4.79 Å². The molecule has 1 fully saturated rings. The summed E-state index contributed by atoms with van der Waals surface area (Å²) >= 11 is 0. The molecule has 70 valence electrons. The first-order chi connectivity index (χ1) is 5.49. The summed E-state index contributed by atoms with van der Waals surface area (Å²) in [5.41, 5.74) is 0.393. The summed E-state index contributed by atoms with van der Waals surface area (Å²) in [4.78, 5) is 11.3. The lowest BCUT2D eigenvalue weighted by Gasteiger charge is -2.17. The molecule has 0 aliphatic heterocycles. The molecule has 0 N–H and O–H groups in total. The van der Waals surface area contributed by atoms with E-state index in [0.29, 0.717) is 17.1 Å². The molecule has 1 aliphatic rings. The van der Waals surface area contributed by atoms with E-state index in [1.54, 1.807) is 0 Å². The van der Waals surface area contributed by atoms with Crippen LogP contribution >= 0.6 is 0 Å². The minimum Gasteiger partial charge on any atom is -0.299 e. The van der Waals surface area contributed by atoms with Crippen molar-refractivity contribution < 1.29 is 4.79 Å². The molecule has 1 saturated carbocycles. The molecule has 12 heavy (non-hydrogen) atoms. The maximum atomic E-state index is 11.3. The summed E-state index contributed by atoms with van der Waals surface area (Å²) in [6.07, 6.45) is 5.40. The minimum atomic E-state index is 0.393. The van der Waals surface area contributed by atoms with Crippen LogP contribution in [0.3, 0.4) is 0 Å². The van der Waals surface area contributed by atoms with Crippen LogP contribution in [0.4, 0.5) is 0 Å². The lowest BCUT2D eigenvalue weighted by molar-refractivity contribution is -0.120. The summed E-state index contributed by atoms with van der Waals surface area (Å²) in [5.74, 6) is 0.976. The van der Waals surface area contributed by atoms with Gasteiger partial charge in [0.15, 0.2) is 0 Å². The van der Waals surface area contributed by atoms with Crippen molar-refractivity contribution in [2.24, 2.45) is 11.3 Å². The molecule has 0 aromatic heterocycles. The average molecular weight is 168 g/mol. The lowest BCUT2D eigenvalue weighted by atomic mass is 9.89. The summed E-state index contributed by atoms with van der Waals surface area (Å²) in [6.45, 7) is 6.69. The van der Waals surface area contributed by atoms with Crippen molar-refractivity contribution in [3.8, 4) is 0 Å². The second-order valence-electron chi connectivity index (χ2n) is 5.15. The molecule has 1 aliphatic carbocycles. The van der Waals surface area contributed by atoms with E-state index in [0.717, 1.165) is 25.7 Å². The van der Waals surface area contributed by atoms with Crippen LogP contribution in [-0.2, 0) is 4.79 Å². The van der Waals surface area contributed by atoms with E-state index in [1.807, 2.05) is 0 Å². The SMILES string of the molecule is CC(C)(C)CCCC(=O)C1CC1. The maximum absolute atomic E-state index is 11.3. The zero-order chi connectivity index (χ0) is 9.19. The molecular weight excluding hydrogens is 148 g/mol. The molecule has 0 aromatic carbocycles. The van der Waals surface area contributed by atoms with E-state index in [-0.39, 0.29) is 0 Å². The molecule has 1 heteroatoms. The summed E-state index contributed by atoms with van der Waals surface area (Å²) in [5, 5.41) is 0. The normalized spacial score (nSPS) is 17.9. The molecule has 0 spiro atoms. The summed E-state index contributed by atoms with van der Waals surface area (Å²) in [6, 6.07) is 0. The van der Waals surface area contributed by atoms with E-state index in [4.69, 9.17) is 0 Å². The quantitative estimate of drug-likeness (QED) is 0.630. The van der Waals surface area contributed by atoms with Gasteiger partial charge < -0.3 is 0 Å². The highest BCUT2D eigenvalue weighted by Gasteiger charge is 2.28. The van der Waals surface area contributed by atoms with E-state index in [1.165, 1.54) is 6.42 Å². The molecular formula is C11H20O. The first-order valence-electron chi connectivity index (χ1n) is 5.02. The topological polar surface area (TPSA) is 17.1 Å². The van der Waals surface area contributed by atoms with Gasteiger partial charge in [0, 0.05) is 12.3 Å². The Morgan fingerprint density at radius 2 is 1.92 bits per heavy atom. The van der Waals surface area contributed by atoms with Crippen molar-refractivity contribution in [2.45, 2.75) is 52.9 Å². The highest BCUT2D eigenvalue weighted by atomic mass is 16.1. The molecule has 0 amide bonds. The molecule has 1 nitrogen and oxygen atoms in total. The highest BCUT2D eigenvalue weighted by molar-refractivity contribution is 5.83. The third-order valence-electron chi connectivity index (χ3n) is 2.38. The van der Waals surface area contributed by atoms with Crippen LogP contribution in [0.1, 0.15) is 52.9 Å². The Morgan fingerprint density at radius 1 is 1.33 bits per heavy atom. The van der Waals surface area contributed by atoms with Crippen molar-refractivity contribution in [2.75, 3.05) is 0 Å². The van der Waals surface area contributed by atoms with Gasteiger partial charge in [-0.05, 0) is 31.1 Å². The number of rotatable bonds is 4. The molecule has 0 bridgehead atoms. The number of carbonyl (C=O) groups is 1. The largest absolute Gasteiger partial charge is 0.299 e. The second-order valence-corrected chi connectivity index (χ2v) is 5.15. The predicted octanol–water partition coefficient (Wildman–Crippen LogP) is 3.18. The van der Waals surface area contributed by atoms with Crippen molar-refractivity contribution in [1.29, 1.82) is 0 Å². The Labute approximate surface area is 75.5 Å². The third-order valence-corrected chi connectivity index (χ3v) is 2.38. The van der Waals surface area contributed by atoms with E-state index < -0.39 is 0 Å². The van der Waals surface area contributed by atoms with Gasteiger partial charge in [0.05, 0.1) is 0 Å². The monoisotopic (exact) mass is 168 g/mol. The zero-order valence-electron chi connectivity index (χ0n) is 8.52. The van der Waals surface area contributed by atoms with Gasteiger partial charge in [0.2, 0.25) is 0 Å². The van der Waals surface area contributed by atoms with Crippen molar-refractivity contribution >= 4 is 5.78 Å². The van der Waals surface area contributed by atoms with Gasteiger partial charge >= 0.3 is 0 Å². The van der Waals surface area contributed by atoms with Gasteiger partial charge in [-0.25, -0.2) is 0 Å². The number of ketones is 1. The molecule has 0 heterocycles. The summed E-state index contributed by atoms with van der Waals surface area (Å²) in [7, 11) is 0. The van der Waals surface area contributed by atoms with Gasteiger partial charge in [0.25, 0.3) is 0 Å². The van der Waals surface area contributed by atoms with Crippen LogP contribution in [0, 0.1) is 11.3 Å². The molecule has 0 unspecified atom stereocenters. The maximum Gasteiger partial charge on any atom is 0.135 e. The molecule has 1 rings (SSSR count). The standard InChI is InChI=1S/C11H20O/c1-11(2,3)8-4-5-10(12)9-6-7-9/h9H,4-8H2,1-3H3. The number of carbonyl (C=O) groups excluding carboxylic acids is 1. The van der Waals surface area contributed by atoms with Crippen LogP contribution < -0.4 is 0 Å². The lowest BCUT2D eigenvalue weighted by Crippen LogP contribution is -2.07. The van der Waals surface area contributed by atoms with Gasteiger partial charge in [-0.1, -0.05) is 20.8 Å². The Hall–Kier alpha value is -0.330. The first kappa shape index (κ1) is 9.76. The fourth-order valence-corrected chi connectivity index (χ4v) is 1.40. The van der Waals surface area contributed by atoms with Crippen LogP contribution in [0.2, 0.25) is 0 Å². The molecule has 0 atom stereocenters.